The number of likely N-dealkylation sites (tertiary alicyclic amines) is 1. The third-order valence-electron chi connectivity index (χ3n) is 4.91. The van der Waals surface area contributed by atoms with E-state index in [-0.39, 0.29) is 5.91 Å². The molecule has 0 radical (unpaired) electrons. The van der Waals surface area contributed by atoms with E-state index >= 15 is 0 Å². The van der Waals surface area contributed by atoms with E-state index in [2.05, 4.69) is 50.6 Å². The molecule has 1 fully saturated rings. The summed E-state index contributed by atoms with van der Waals surface area (Å²) in [5.41, 5.74) is 1.40. The third-order valence-corrected chi connectivity index (χ3v) is 4.91. The van der Waals surface area contributed by atoms with Gasteiger partial charge in [0, 0.05) is 25.6 Å². The van der Waals surface area contributed by atoms with Crippen LogP contribution in [0, 0.1) is 0 Å². The van der Waals surface area contributed by atoms with Gasteiger partial charge in [0.1, 0.15) is 12.7 Å². The van der Waals surface area contributed by atoms with Crippen LogP contribution in [-0.4, -0.2) is 51.2 Å². The summed E-state index contributed by atoms with van der Waals surface area (Å²) < 4.78 is 1.77. The largest absolute Gasteiger partial charge is 0.352 e. The molecular weight excluding hydrogens is 326 g/mol. The van der Waals surface area contributed by atoms with Gasteiger partial charge in [0.15, 0.2) is 0 Å². The number of hydrogen-bond acceptors (Lipinski definition) is 4. The van der Waals surface area contributed by atoms with E-state index in [1.54, 1.807) is 11.0 Å². The Morgan fingerprint density at radius 3 is 2.88 bits per heavy atom. The van der Waals surface area contributed by atoms with Crippen molar-refractivity contribution in [2.24, 2.45) is 0 Å². The van der Waals surface area contributed by atoms with Crippen molar-refractivity contribution >= 4 is 5.91 Å². The molecule has 3 rings (SSSR count). The van der Waals surface area contributed by atoms with E-state index in [1.165, 1.54) is 18.3 Å². The topological polar surface area (TPSA) is 63.1 Å². The van der Waals surface area contributed by atoms with Crippen LogP contribution < -0.4 is 5.32 Å². The summed E-state index contributed by atoms with van der Waals surface area (Å²) in [5, 5.41) is 7.27. The van der Waals surface area contributed by atoms with E-state index in [0.29, 0.717) is 12.5 Å². The SMILES string of the molecule is O=C(CCCn1cncn1)N[C@@H]1CCCN(CCCc2ccccc2)C1. The zero-order valence-electron chi connectivity index (χ0n) is 15.4. The molecule has 1 aromatic heterocycles. The third kappa shape index (κ3) is 6.26. The number of aryl methyl sites for hydroxylation is 2. The molecule has 1 aliphatic heterocycles. The summed E-state index contributed by atoms with van der Waals surface area (Å²) in [7, 11) is 0. The molecule has 1 aliphatic rings. The van der Waals surface area contributed by atoms with Crippen LogP contribution in [0.1, 0.15) is 37.7 Å². The van der Waals surface area contributed by atoms with Gasteiger partial charge < -0.3 is 10.2 Å². The van der Waals surface area contributed by atoms with Crippen molar-refractivity contribution in [2.75, 3.05) is 19.6 Å². The fourth-order valence-corrected chi connectivity index (χ4v) is 3.58. The molecule has 6 heteroatoms. The summed E-state index contributed by atoms with van der Waals surface area (Å²) in [5.74, 6) is 0.154. The zero-order chi connectivity index (χ0) is 18.0. The lowest BCUT2D eigenvalue weighted by atomic mass is 10.0. The highest BCUT2D eigenvalue weighted by Crippen LogP contribution is 2.12. The van der Waals surface area contributed by atoms with Crippen molar-refractivity contribution in [2.45, 2.75) is 51.1 Å². The number of amides is 1. The Morgan fingerprint density at radius 2 is 2.08 bits per heavy atom. The minimum absolute atomic E-state index is 0.154. The number of hydrogen-bond donors (Lipinski definition) is 1. The maximum atomic E-state index is 12.2. The number of carbonyl (C=O) groups is 1. The number of benzene rings is 1. The van der Waals surface area contributed by atoms with Crippen molar-refractivity contribution in [1.82, 2.24) is 25.0 Å². The van der Waals surface area contributed by atoms with Gasteiger partial charge in [-0.2, -0.15) is 5.10 Å². The Labute approximate surface area is 155 Å². The summed E-state index contributed by atoms with van der Waals surface area (Å²) in [6, 6.07) is 10.9. The maximum absolute atomic E-state index is 12.2. The quantitative estimate of drug-likeness (QED) is 0.749. The first kappa shape index (κ1) is 18.6. The first-order valence-corrected chi connectivity index (χ1v) is 9.67. The predicted molar refractivity (Wildman–Crippen MR) is 102 cm³/mol. The molecule has 26 heavy (non-hydrogen) atoms. The summed E-state index contributed by atoms with van der Waals surface area (Å²) >= 11 is 0. The van der Waals surface area contributed by atoms with Crippen LogP contribution in [0.25, 0.3) is 0 Å². The van der Waals surface area contributed by atoms with Gasteiger partial charge in [-0.1, -0.05) is 30.3 Å². The lowest BCUT2D eigenvalue weighted by Gasteiger charge is -2.33. The average Bonchev–Trinajstić information content (AvgIpc) is 3.16. The molecule has 0 unspecified atom stereocenters. The summed E-state index contributed by atoms with van der Waals surface area (Å²) in [4.78, 5) is 18.6. The molecular formula is C20H29N5O. The van der Waals surface area contributed by atoms with E-state index < -0.39 is 0 Å². The van der Waals surface area contributed by atoms with Crippen molar-refractivity contribution in [3.05, 3.63) is 48.5 Å². The van der Waals surface area contributed by atoms with E-state index in [4.69, 9.17) is 0 Å². The van der Waals surface area contributed by atoms with Gasteiger partial charge in [0.2, 0.25) is 5.91 Å². The van der Waals surface area contributed by atoms with Gasteiger partial charge in [0.05, 0.1) is 0 Å². The second-order valence-corrected chi connectivity index (χ2v) is 7.06. The van der Waals surface area contributed by atoms with Crippen LogP contribution in [0.4, 0.5) is 0 Å². The second kappa shape index (κ2) is 10.1. The van der Waals surface area contributed by atoms with Crippen LogP contribution in [-0.2, 0) is 17.8 Å². The summed E-state index contributed by atoms with van der Waals surface area (Å²) in [6.45, 7) is 3.97. The molecule has 0 spiro atoms. The number of carbonyl (C=O) groups excluding carboxylic acids is 1. The van der Waals surface area contributed by atoms with Gasteiger partial charge in [-0.25, -0.2) is 4.98 Å². The first-order chi connectivity index (χ1) is 12.8. The standard InChI is InChI=1S/C20H29N5O/c26-20(11-6-14-25-17-21-16-22-25)23-19-10-5-13-24(15-19)12-4-9-18-7-2-1-3-8-18/h1-3,7-8,16-17,19H,4-6,9-15H2,(H,23,26)/t19-/m1/s1. The lowest BCUT2D eigenvalue weighted by molar-refractivity contribution is -0.122. The second-order valence-electron chi connectivity index (χ2n) is 7.06. The average molecular weight is 355 g/mol. The van der Waals surface area contributed by atoms with Crippen LogP contribution >= 0.6 is 0 Å². The minimum Gasteiger partial charge on any atom is -0.352 e. The Kier molecular flexibility index (Phi) is 7.19. The zero-order valence-corrected chi connectivity index (χ0v) is 15.4. The Morgan fingerprint density at radius 1 is 1.19 bits per heavy atom. The lowest BCUT2D eigenvalue weighted by Crippen LogP contribution is -2.47. The van der Waals surface area contributed by atoms with E-state index in [1.807, 2.05) is 0 Å². The highest BCUT2D eigenvalue weighted by atomic mass is 16.1. The molecule has 0 aliphatic carbocycles. The molecule has 1 N–H and O–H groups in total. The van der Waals surface area contributed by atoms with Crippen molar-refractivity contribution in [1.29, 1.82) is 0 Å². The number of rotatable bonds is 9. The smallest absolute Gasteiger partial charge is 0.220 e. The maximum Gasteiger partial charge on any atom is 0.220 e. The van der Waals surface area contributed by atoms with Gasteiger partial charge in [-0.3, -0.25) is 9.48 Å². The molecule has 0 saturated carbocycles. The van der Waals surface area contributed by atoms with Crippen molar-refractivity contribution in [3.63, 3.8) is 0 Å². The highest BCUT2D eigenvalue weighted by molar-refractivity contribution is 5.76. The molecule has 1 amide bonds. The molecule has 0 bridgehead atoms. The van der Waals surface area contributed by atoms with Gasteiger partial charge in [-0.05, 0) is 50.8 Å². The van der Waals surface area contributed by atoms with Crippen LogP contribution in [0.3, 0.4) is 0 Å². The van der Waals surface area contributed by atoms with Crippen LogP contribution in [0.2, 0.25) is 0 Å². The number of aromatic nitrogens is 3. The highest BCUT2D eigenvalue weighted by Gasteiger charge is 2.20. The number of nitrogens with one attached hydrogen (secondary N) is 1. The number of nitrogens with zero attached hydrogens (tertiary/aromatic N) is 4. The normalized spacial score (nSPS) is 17.9. The molecule has 140 valence electrons. The van der Waals surface area contributed by atoms with E-state index in [9.17, 15) is 4.79 Å². The molecule has 1 atom stereocenters. The monoisotopic (exact) mass is 355 g/mol. The fraction of sp³-hybridized carbons (Fsp3) is 0.550. The van der Waals surface area contributed by atoms with Crippen molar-refractivity contribution < 1.29 is 4.79 Å². The van der Waals surface area contributed by atoms with E-state index in [0.717, 1.165) is 51.9 Å². The van der Waals surface area contributed by atoms with Crippen molar-refractivity contribution in [3.8, 4) is 0 Å². The molecule has 2 heterocycles. The Balaban J connectivity index is 1.31. The minimum atomic E-state index is 0.154. The molecule has 1 aromatic carbocycles. The Hall–Kier alpha value is -2.21. The van der Waals surface area contributed by atoms with Crippen LogP contribution in [0.5, 0.6) is 0 Å². The molecule has 6 nitrogen and oxygen atoms in total. The molecule has 2 aromatic rings. The van der Waals surface area contributed by atoms with Crippen LogP contribution in [0.15, 0.2) is 43.0 Å². The summed E-state index contributed by atoms with van der Waals surface area (Å²) in [6.07, 6.45) is 9.09. The molecule has 1 saturated heterocycles. The fourth-order valence-electron chi connectivity index (χ4n) is 3.58. The van der Waals surface area contributed by atoms with Gasteiger partial charge in [-0.15, -0.1) is 0 Å². The number of piperidine rings is 1. The first-order valence-electron chi connectivity index (χ1n) is 9.67. The van der Waals surface area contributed by atoms with Gasteiger partial charge >= 0.3 is 0 Å². The predicted octanol–water partition coefficient (Wildman–Crippen LogP) is 2.27. The van der Waals surface area contributed by atoms with Gasteiger partial charge in [0.25, 0.3) is 0 Å². The Bertz CT molecular complexity index is 643.